The number of carbonyl (C=O) groups excluding carboxylic acids is 1. The van der Waals surface area contributed by atoms with E-state index >= 15 is 0 Å². The van der Waals surface area contributed by atoms with Gasteiger partial charge in [-0.05, 0) is 43.0 Å². The average molecular weight is 347 g/mol. The lowest BCUT2D eigenvalue weighted by Crippen LogP contribution is -2.35. The van der Waals surface area contributed by atoms with Gasteiger partial charge in [-0.2, -0.15) is 0 Å². The molecule has 3 heterocycles. The van der Waals surface area contributed by atoms with E-state index < -0.39 is 0 Å². The number of pyridine rings is 1. The molecule has 1 aliphatic rings. The predicted octanol–water partition coefficient (Wildman–Crippen LogP) is 3.51. The highest BCUT2D eigenvalue weighted by Gasteiger charge is 2.18. The molecule has 3 aromatic rings. The Morgan fingerprint density at radius 2 is 2.04 bits per heavy atom. The Balaban J connectivity index is 1.51. The zero-order valence-electron chi connectivity index (χ0n) is 14.7. The second-order valence-electron chi connectivity index (χ2n) is 6.81. The molecule has 1 amide bonds. The van der Waals surface area contributed by atoms with E-state index in [1.165, 1.54) is 12.8 Å². The van der Waals surface area contributed by atoms with E-state index in [-0.39, 0.29) is 5.91 Å². The molecule has 6 heteroatoms. The van der Waals surface area contributed by atoms with Gasteiger partial charge in [-0.25, -0.2) is 0 Å². The first-order valence-electron chi connectivity index (χ1n) is 8.94. The number of piperidine rings is 1. The number of hydrogen-bond acceptors (Lipinski definition) is 5. The number of rotatable bonds is 3. The maximum Gasteiger partial charge on any atom is 0.276 e. The van der Waals surface area contributed by atoms with Crippen LogP contribution in [0.25, 0.3) is 10.9 Å². The summed E-state index contributed by atoms with van der Waals surface area (Å²) in [5.74, 6) is 1.21. The van der Waals surface area contributed by atoms with Gasteiger partial charge in [0, 0.05) is 24.7 Å². The smallest absolute Gasteiger partial charge is 0.276 e. The molecule has 1 fully saturated rings. The van der Waals surface area contributed by atoms with Crippen molar-refractivity contribution in [3.05, 3.63) is 54.4 Å². The van der Waals surface area contributed by atoms with E-state index in [0.717, 1.165) is 29.8 Å². The minimum atomic E-state index is -0.283. The van der Waals surface area contributed by atoms with Crippen LogP contribution in [-0.2, 0) is 0 Å². The minimum Gasteiger partial charge on any atom is -0.355 e. The number of hydrogen-bond donors (Lipinski definition) is 1. The van der Waals surface area contributed by atoms with Gasteiger partial charge in [0.1, 0.15) is 0 Å². The number of nitrogens with one attached hydrogen (secondary N) is 1. The second-order valence-corrected chi connectivity index (χ2v) is 6.81. The summed E-state index contributed by atoms with van der Waals surface area (Å²) in [5, 5.41) is 12.3. The highest BCUT2D eigenvalue weighted by atomic mass is 16.1. The standard InChI is InChI=1S/C20H21N5O/c1-14-5-4-12-25(13-14)18-10-9-17(23-24-18)20(26)22-16-8-2-6-15-7-3-11-21-19(15)16/h2-3,6-11,14H,4-5,12-13H2,1H3,(H,22,26). The topological polar surface area (TPSA) is 71.0 Å². The SMILES string of the molecule is CC1CCCN(c2ccc(C(=O)Nc3cccc4cccnc34)nn2)C1. The van der Waals surface area contributed by atoms with Crippen molar-refractivity contribution in [1.82, 2.24) is 15.2 Å². The fourth-order valence-electron chi connectivity index (χ4n) is 3.40. The molecule has 4 rings (SSSR count). The van der Waals surface area contributed by atoms with Crippen molar-refractivity contribution in [2.24, 2.45) is 5.92 Å². The van der Waals surface area contributed by atoms with Crippen molar-refractivity contribution in [2.45, 2.75) is 19.8 Å². The third-order valence-electron chi connectivity index (χ3n) is 4.75. The van der Waals surface area contributed by atoms with E-state index in [9.17, 15) is 4.79 Å². The maximum atomic E-state index is 12.5. The molecule has 0 saturated carbocycles. The Kier molecular flexibility index (Phi) is 4.48. The first-order valence-corrected chi connectivity index (χ1v) is 8.94. The Morgan fingerprint density at radius 3 is 2.85 bits per heavy atom. The summed E-state index contributed by atoms with van der Waals surface area (Å²) in [7, 11) is 0. The highest BCUT2D eigenvalue weighted by molar-refractivity contribution is 6.07. The van der Waals surface area contributed by atoms with Crippen LogP contribution in [-0.4, -0.2) is 34.2 Å². The summed E-state index contributed by atoms with van der Waals surface area (Å²) in [4.78, 5) is 19.1. The average Bonchev–Trinajstić information content (AvgIpc) is 2.68. The van der Waals surface area contributed by atoms with Crippen LogP contribution < -0.4 is 10.2 Å². The lowest BCUT2D eigenvalue weighted by molar-refractivity contribution is 0.102. The predicted molar refractivity (Wildman–Crippen MR) is 102 cm³/mol. The maximum absolute atomic E-state index is 12.5. The van der Waals surface area contributed by atoms with E-state index in [1.54, 1.807) is 12.3 Å². The molecule has 26 heavy (non-hydrogen) atoms. The number of benzene rings is 1. The van der Waals surface area contributed by atoms with Crippen molar-refractivity contribution in [2.75, 3.05) is 23.3 Å². The molecule has 6 nitrogen and oxygen atoms in total. The lowest BCUT2D eigenvalue weighted by atomic mass is 10.0. The third kappa shape index (κ3) is 3.35. The van der Waals surface area contributed by atoms with Crippen molar-refractivity contribution in [1.29, 1.82) is 0 Å². The van der Waals surface area contributed by atoms with Crippen LogP contribution in [0, 0.1) is 5.92 Å². The van der Waals surface area contributed by atoms with Crippen LogP contribution in [0.15, 0.2) is 48.7 Å². The van der Waals surface area contributed by atoms with Gasteiger partial charge in [-0.15, -0.1) is 10.2 Å². The van der Waals surface area contributed by atoms with Crippen LogP contribution in [0.3, 0.4) is 0 Å². The molecule has 1 atom stereocenters. The molecular formula is C20H21N5O. The molecular weight excluding hydrogens is 326 g/mol. The number of amides is 1. The zero-order valence-corrected chi connectivity index (χ0v) is 14.7. The molecule has 2 aromatic heterocycles. The Morgan fingerprint density at radius 1 is 1.15 bits per heavy atom. The van der Waals surface area contributed by atoms with Crippen LogP contribution in [0.5, 0.6) is 0 Å². The van der Waals surface area contributed by atoms with Gasteiger partial charge in [-0.3, -0.25) is 9.78 Å². The highest BCUT2D eigenvalue weighted by Crippen LogP contribution is 2.22. The Hall–Kier alpha value is -3.02. The number of fused-ring (bicyclic) bond motifs is 1. The van der Waals surface area contributed by atoms with Gasteiger partial charge < -0.3 is 10.2 Å². The summed E-state index contributed by atoms with van der Waals surface area (Å²) in [6.45, 7) is 4.23. The van der Waals surface area contributed by atoms with Crippen molar-refractivity contribution in [3.63, 3.8) is 0 Å². The van der Waals surface area contributed by atoms with Crippen LogP contribution in [0.1, 0.15) is 30.3 Å². The van der Waals surface area contributed by atoms with Crippen LogP contribution in [0.2, 0.25) is 0 Å². The Bertz CT molecular complexity index is 920. The van der Waals surface area contributed by atoms with E-state index in [4.69, 9.17) is 0 Å². The number of anilines is 2. The number of nitrogens with zero attached hydrogens (tertiary/aromatic N) is 4. The molecule has 132 valence electrons. The van der Waals surface area contributed by atoms with Gasteiger partial charge in [0.05, 0.1) is 11.2 Å². The fraction of sp³-hybridized carbons (Fsp3) is 0.300. The van der Waals surface area contributed by atoms with Gasteiger partial charge in [-0.1, -0.05) is 25.1 Å². The van der Waals surface area contributed by atoms with Gasteiger partial charge in [0.25, 0.3) is 5.91 Å². The molecule has 0 radical (unpaired) electrons. The largest absolute Gasteiger partial charge is 0.355 e. The normalized spacial score (nSPS) is 17.3. The van der Waals surface area contributed by atoms with Gasteiger partial charge >= 0.3 is 0 Å². The lowest BCUT2D eigenvalue weighted by Gasteiger charge is -2.31. The first-order chi connectivity index (χ1) is 12.7. The summed E-state index contributed by atoms with van der Waals surface area (Å²) >= 11 is 0. The number of carbonyl (C=O) groups is 1. The monoisotopic (exact) mass is 347 g/mol. The molecule has 0 aliphatic carbocycles. The molecule has 1 saturated heterocycles. The van der Waals surface area contributed by atoms with Crippen molar-refractivity contribution < 1.29 is 4.79 Å². The van der Waals surface area contributed by atoms with Crippen LogP contribution in [0.4, 0.5) is 11.5 Å². The molecule has 1 unspecified atom stereocenters. The summed E-state index contributed by atoms with van der Waals surface area (Å²) in [5.41, 5.74) is 1.73. The summed E-state index contributed by atoms with van der Waals surface area (Å²) in [6.07, 6.45) is 4.13. The van der Waals surface area contributed by atoms with Crippen LogP contribution >= 0.6 is 0 Å². The summed E-state index contributed by atoms with van der Waals surface area (Å²) in [6, 6.07) is 13.1. The summed E-state index contributed by atoms with van der Waals surface area (Å²) < 4.78 is 0. The Labute approximate surface area is 152 Å². The molecule has 1 N–H and O–H groups in total. The second kappa shape index (κ2) is 7.07. The molecule has 0 bridgehead atoms. The quantitative estimate of drug-likeness (QED) is 0.785. The van der Waals surface area contributed by atoms with E-state index in [1.807, 2.05) is 36.4 Å². The zero-order chi connectivity index (χ0) is 17.9. The third-order valence-corrected chi connectivity index (χ3v) is 4.75. The van der Waals surface area contributed by atoms with Crippen molar-refractivity contribution >= 4 is 28.3 Å². The minimum absolute atomic E-state index is 0.283. The first kappa shape index (κ1) is 16.4. The van der Waals surface area contributed by atoms with E-state index in [0.29, 0.717) is 17.3 Å². The fourth-order valence-corrected chi connectivity index (χ4v) is 3.40. The number of para-hydroxylation sites is 1. The van der Waals surface area contributed by atoms with Gasteiger partial charge in [0.15, 0.2) is 11.5 Å². The number of aromatic nitrogens is 3. The molecule has 1 aromatic carbocycles. The molecule has 1 aliphatic heterocycles. The van der Waals surface area contributed by atoms with Crippen molar-refractivity contribution in [3.8, 4) is 0 Å². The van der Waals surface area contributed by atoms with Gasteiger partial charge in [0.2, 0.25) is 0 Å². The molecule has 0 spiro atoms. The van der Waals surface area contributed by atoms with E-state index in [2.05, 4.69) is 32.3 Å².